The third-order valence-electron chi connectivity index (χ3n) is 3.12. The molecule has 0 atom stereocenters. The Morgan fingerprint density at radius 3 is 2.21 bits per heavy atom. The topological polar surface area (TPSA) is 73.6 Å². The van der Waals surface area contributed by atoms with E-state index < -0.39 is 0 Å². The maximum atomic E-state index is 8.94. The van der Waals surface area contributed by atoms with Crippen LogP contribution in [0, 0.1) is 11.3 Å². The smallest absolute Gasteiger partial charge is 0.135 e. The van der Waals surface area contributed by atoms with E-state index in [4.69, 9.17) is 28.5 Å². The van der Waals surface area contributed by atoms with E-state index in [1.807, 2.05) is 6.07 Å². The van der Waals surface area contributed by atoms with Gasteiger partial charge in [0.25, 0.3) is 0 Å². The van der Waals surface area contributed by atoms with Crippen LogP contribution in [0.1, 0.15) is 5.56 Å². The van der Waals surface area contributed by atoms with Gasteiger partial charge in [-0.3, -0.25) is 0 Å². The third-order valence-corrected chi connectivity index (χ3v) is 3.86. The van der Waals surface area contributed by atoms with Gasteiger partial charge in [0.1, 0.15) is 18.0 Å². The van der Waals surface area contributed by atoms with E-state index in [-0.39, 0.29) is 0 Å². The van der Waals surface area contributed by atoms with Crippen LogP contribution >= 0.6 is 23.2 Å². The highest BCUT2D eigenvalue weighted by Crippen LogP contribution is 2.27. The first-order valence-corrected chi connectivity index (χ1v) is 7.71. The van der Waals surface area contributed by atoms with Crippen LogP contribution in [0.4, 0.5) is 23.0 Å². The van der Waals surface area contributed by atoms with Crippen molar-refractivity contribution in [3.05, 3.63) is 70.5 Å². The van der Waals surface area contributed by atoms with Crippen molar-refractivity contribution < 1.29 is 0 Å². The Bertz CT molecular complexity index is 921. The lowest BCUT2D eigenvalue weighted by atomic mass is 10.2. The quantitative estimate of drug-likeness (QED) is 0.677. The van der Waals surface area contributed by atoms with Gasteiger partial charge in [0.2, 0.25) is 0 Å². The van der Waals surface area contributed by atoms with Gasteiger partial charge in [-0.15, -0.1) is 0 Å². The highest BCUT2D eigenvalue weighted by molar-refractivity contribution is 6.42. The lowest BCUT2D eigenvalue weighted by Crippen LogP contribution is -1.98. The molecular weight excluding hydrogens is 345 g/mol. The zero-order valence-corrected chi connectivity index (χ0v) is 13.8. The Hall–Kier alpha value is -2.81. The molecule has 0 saturated carbocycles. The first kappa shape index (κ1) is 16.1. The number of halogens is 2. The van der Waals surface area contributed by atoms with Crippen LogP contribution in [-0.4, -0.2) is 9.97 Å². The van der Waals surface area contributed by atoms with E-state index >= 15 is 0 Å². The van der Waals surface area contributed by atoms with Gasteiger partial charge in [-0.1, -0.05) is 29.3 Å². The maximum Gasteiger partial charge on any atom is 0.135 e. The molecule has 0 unspecified atom stereocenters. The number of hydrogen-bond donors (Lipinski definition) is 2. The Labute approximate surface area is 148 Å². The second kappa shape index (κ2) is 7.18. The van der Waals surface area contributed by atoms with Gasteiger partial charge in [0, 0.05) is 17.4 Å². The van der Waals surface area contributed by atoms with Crippen LogP contribution in [0.25, 0.3) is 0 Å². The summed E-state index contributed by atoms with van der Waals surface area (Å²) in [5.74, 6) is 1.20. The van der Waals surface area contributed by atoms with Crippen LogP contribution < -0.4 is 10.6 Å². The third kappa shape index (κ3) is 3.93. The average Bonchev–Trinajstić information content (AvgIpc) is 2.59. The van der Waals surface area contributed by atoms with Crippen LogP contribution in [0.5, 0.6) is 0 Å². The van der Waals surface area contributed by atoms with Gasteiger partial charge >= 0.3 is 0 Å². The monoisotopic (exact) mass is 355 g/mol. The van der Waals surface area contributed by atoms with Crippen LogP contribution in [0.15, 0.2) is 54.9 Å². The summed E-state index contributed by atoms with van der Waals surface area (Å²) in [6.45, 7) is 0. The number of nitrogens with zero attached hydrogens (tertiary/aromatic N) is 3. The summed E-state index contributed by atoms with van der Waals surface area (Å²) in [6.07, 6.45) is 1.44. The fourth-order valence-electron chi connectivity index (χ4n) is 2.03. The molecule has 0 spiro atoms. The summed E-state index contributed by atoms with van der Waals surface area (Å²) in [7, 11) is 0. The summed E-state index contributed by atoms with van der Waals surface area (Å²) in [4.78, 5) is 8.34. The standard InChI is InChI=1S/C17H11Cl2N5/c18-14-5-4-13(7-15(14)19)24-17-8-16(21-10-22-17)23-12-3-1-2-11(6-12)9-20/h1-8,10H,(H2,21,22,23,24). The van der Waals surface area contributed by atoms with E-state index in [2.05, 4.69) is 26.7 Å². The highest BCUT2D eigenvalue weighted by Gasteiger charge is 2.03. The molecule has 24 heavy (non-hydrogen) atoms. The van der Waals surface area contributed by atoms with Gasteiger partial charge < -0.3 is 10.6 Å². The Balaban J connectivity index is 1.78. The van der Waals surface area contributed by atoms with Crippen molar-refractivity contribution in [3.63, 3.8) is 0 Å². The molecule has 1 heterocycles. The van der Waals surface area contributed by atoms with Gasteiger partial charge in [0.15, 0.2) is 0 Å². The summed E-state index contributed by atoms with van der Waals surface area (Å²) in [5.41, 5.74) is 2.11. The normalized spacial score (nSPS) is 10.0. The number of nitrogens with one attached hydrogen (secondary N) is 2. The number of anilines is 4. The minimum absolute atomic E-state index is 0.461. The summed E-state index contributed by atoms with van der Waals surface area (Å²) in [6, 6.07) is 16.2. The molecule has 2 N–H and O–H groups in total. The maximum absolute atomic E-state index is 8.94. The second-order valence-electron chi connectivity index (χ2n) is 4.86. The molecule has 3 aromatic rings. The number of aromatic nitrogens is 2. The van der Waals surface area contributed by atoms with Crippen molar-refractivity contribution >= 4 is 46.2 Å². The number of rotatable bonds is 4. The predicted octanol–water partition coefficient (Wildman–Crippen LogP) is 5.14. The zero-order valence-electron chi connectivity index (χ0n) is 12.3. The molecule has 2 aromatic carbocycles. The molecule has 0 aliphatic carbocycles. The highest BCUT2D eigenvalue weighted by atomic mass is 35.5. The van der Waals surface area contributed by atoms with E-state index in [1.165, 1.54) is 6.33 Å². The van der Waals surface area contributed by atoms with Gasteiger partial charge in [-0.2, -0.15) is 5.26 Å². The largest absolute Gasteiger partial charge is 0.340 e. The Kier molecular flexibility index (Phi) is 4.80. The van der Waals surface area contributed by atoms with Gasteiger partial charge in [-0.05, 0) is 36.4 Å². The SMILES string of the molecule is N#Cc1cccc(Nc2cc(Nc3ccc(Cl)c(Cl)c3)ncn2)c1. The molecule has 3 rings (SSSR count). The summed E-state index contributed by atoms with van der Waals surface area (Å²) in [5, 5.41) is 16.2. The summed E-state index contributed by atoms with van der Waals surface area (Å²) >= 11 is 11.9. The van der Waals surface area contributed by atoms with Crippen LogP contribution in [0.2, 0.25) is 10.0 Å². The molecule has 118 valence electrons. The first-order chi connectivity index (χ1) is 11.6. The van der Waals surface area contributed by atoms with Crippen molar-refractivity contribution in [2.75, 3.05) is 10.6 Å². The molecule has 0 aliphatic rings. The fraction of sp³-hybridized carbons (Fsp3) is 0. The lowest BCUT2D eigenvalue weighted by molar-refractivity contribution is 1.17. The molecular formula is C17H11Cl2N5. The molecule has 5 nitrogen and oxygen atoms in total. The molecule has 0 bridgehead atoms. The van der Waals surface area contributed by atoms with Gasteiger partial charge in [0.05, 0.1) is 21.7 Å². The van der Waals surface area contributed by atoms with E-state index in [0.29, 0.717) is 27.2 Å². The average molecular weight is 356 g/mol. The van der Waals surface area contributed by atoms with Crippen LogP contribution in [-0.2, 0) is 0 Å². The van der Waals surface area contributed by atoms with Crippen molar-refractivity contribution in [2.24, 2.45) is 0 Å². The number of nitriles is 1. The molecule has 0 saturated heterocycles. The molecule has 0 aliphatic heterocycles. The van der Waals surface area contributed by atoms with E-state index in [9.17, 15) is 0 Å². The molecule has 0 fully saturated rings. The molecule has 0 amide bonds. The molecule has 7 heteroatoms. The first-order valence-electron chi connectivity index (χ1n) is 6.95. The van der Waals surface area contributed by atoms with E-state index in [1.54, 1.807) is 42.5 Å². The number of benzene rings is 2. The van der Waals surface area contributed by atoms with Crippen molar-refractivity contribution in [2.45, 2.75) is 0 Å². The van der Waals surface area contributed by atoms with Crippen molar-refractivity contribution in [1.29, 1.82) is 5.26 Å². The minimum atomic E-state index is 0.461. The van der Waals surface area contributed by atoms with Crippen LogP contribution in [0.3, 0.4) is 0 Å². The number of hydrogen-bond acceptors (Lipinski definition) is 5. The zero-order chi connectivity index (χ0) is 16.9. The fourth-order valence-corrected chi connectivity index (χ4v) is 2.33. The second-order valence-corrected chi connectivity index (χ2v) is 5.67. The predicted molar refractivity (Wildman–Crippen MR) is 96.2 cm³/mol. The Morgan fingerprint density at radius 2 is 1.54 bits per heavy atom. The minimum Gasteiger partial charge on any atom is -0.340 e. The molecule has 1 aromatic heterocycles. The van der Waals surface area contributed by atoms with E-state index in [0.717, 1.165) is 11.4 Å². The lowest BCUT2D eigenvalue weighted by Gasteiger charge is -2.09. The van der Waals surface area contributed by atoms with Crippen molar-refractivity contribution in [1.82, 2.24) is 9.97 Å². The molecule has 0 radical (unpaired) electrons. The Morgan fingerprint density at radius 1 is 0.833 bits per heavy atom. The van der Waals surface area contributed by atoms with Crippen molar-refractivity contribution in [3.8, 4) is 6.07 Å². The van der Waals surface area contributed by atoms with Gasteiger partial charge in [-0.25, -0.2) is 9.97 Å². The summed E-state index contributed by atoms with van der Waals surface area (Å²) < 4.78 is 0.